The summed E-state index contributed by atoms with van der Waals surface area (Å²) in [6.45, 7) is 2.96. The summed E-state index contributed by atoms with van der Waals surface area (Å²) in [6, 6.07) is 13.1. The molecule has 3 rings (SSSR count). The van der Waals surface area contributed by atoms with E-state index in [2.05, 4.69) is 22.2 Å². The standard InChI is InChI=1S/C32H43NO7/c1-3-38-32(36)26-15-18-29(27(21-26)22-30(34)33-23-31(35)37-2)40-20-8-12-25-13-16-28(17-14-25)39-19-7-11-24-9-5-4-6-10-24/h13-18,21,24H,3-12,19-20,22-23H2,1-2H3,(H,33,34). The molecule has 2 aromatic rings. The molecule has 0 atom stereocenters. The number of benzene rings is 2. The number of hydrogen-bond donors (Lipinski definition) is 1. The average Bonchev–Trinajstić information content (AvgIpc) is 2.98. The third-order valence-electron chi connectivity index (χ3n) is 7.12. The summed E-state index contributed by atoms with van der Waals surface area (Å²) in [5.74, 6) is 0.907. The van der Waals surface area contributed by atoms with Gasteiger partial charge in [0.2, 0.25) is 5.91 Å². The van der Waals surface area contributed by atoms with E-state index in [-0.39, 0.29) is 25.5 Å². The molecule has 8 heteroatoms. The van der Waals surface area contributed by atoms with Gasteiger partial charge in [-0.2, -0.15) is 0 Å². The Morgan fingerprint density at radius 1 is 0.925 bits per heavy atom. The molecule has 0 radical (unpaired) electrons. The predicted molar refractivity (Wildman–Crippen MR) is 153 cm³/mol. The molecule has 0 spiro atoms. The van der Waals surface area contributed by atoms with E-state index in [1.807, 2.05) is 12.1 Å². The van der Waals surface area contributed by atoms with Crippen molar-refractivity contribution in [2.75, 3.05) is 33.5 Å². The van der Waals surface area contributed by atoms with E-state index in [0.717, 1.165) is 37.5 Å². The van der Waals surface area contributed by atoms with Crippen molar-refractivity contribution in [1.82, 2.24) is 5.32 Å². The third-order valence-corrected chi connectivity index (χ3v) is 7.12. The minimum Gasteiger partial charge on any atom is -0.494 e. The van der Waals surface area contributed by atoms with Crippen LogP contribution in [-0.4, -0.2) is 51.3 Å². The highest BCUT2D eigenvalue weighted by Crippen LogP contribution is 2.27. The molecule has 0 heterocycles. The first kappa shape index (κ1) is 31.0. The van der Waals surface area contributed by atoms with Crippen LogP contribution in [0.4, 0.5) is 0 Å². The molecule has 0 saturated heterocycles. The van der Waals surface area contributed by atoms with Crippen LogP contribution in [0.15, 0.2) is 42.5 Å². The van der Waals surface area contributed by atoms with Gasteiger partial charge in [-0.15, -0.1) is 0 Å². The molecule has 0 bridgehead atoms. The summed E-state index contributed by atoms with van der Waals surface area (Å²) in [4.78, 5) is 35.9. The number of nitrogens with one attached hydrogen (secondary N) is 1. The van der Waals surface area contributed by atoms with Crippen molar-refractivity contribution >= 4 is 17.8 Å². The first-order valence-corrected chi connectivity index (χ1v) is 14.5. The van der Waals surface area contributed by atoms with Gasteiger partial charge in [0.05, 0.1) is 38.9 Å². The Bertz CT molecular complexity index is 1080. The molecule has 0 aliphatic heterocycles. The number of methoxy groups -OCH3 is 1. The van der Waals surface area contributed by atoms with Gasteiger partial charge in [0.15, 0.2) is 0 Å². The highest BCUT2D eigenvalue weighted by Gasteiger charge is 2.16. The quantitative estimate of drug-likeness (QED) is 0.218. The SMILES string of the molecule is CCOC(=O)c1ccc(OCCCc2ccc(OCCCC3CCCCC3)cc2)c(CC(=O)NCC(=O)OC)c1. The van der Waals surface area contributed by atoms with E-state index in [4.69, 9.17) is 14.2 Å². The van der Waals surface area contributed by atoms with Crippen LogP contribution in [0.2, 0.25) is 0 Å². The maximum absolute atomic E-state index is 12.4. The van der Waals surface area contributed by atoms with Crippen molar-refractivity contribution in [3.63, 3.8) is 0 Å². The van der Waals surface area contributed by atoms with Crippen LogP contribution in [0.3, 0.4) is 0 Å². The number of carbonyl (C=O) groups excluding carboxylic acids is 3. The number of esters is 2. The molecule has 1 fully saturated rings. The Morgan fingerprint density at radius 2 is 1.68 bits per heavy atom. The van der Waals surface area contributed by atoms with Crippen molar-refractivity contribution in [3.8, 4) is 11.5 Å². The highest BCUT2D eigenvalue weighted by molar-refractivity contribution is 5.90. The average molecular weight is 554 g/mol. The maximum Gasteiger partial charge on any atom is 0.338 e. The Kier molecular flexibility index (Phi) is 13.3. The normalized spacial score (nSPS) is 13.3. The molecule has 1 aliphatic carbocycles. The minimum atomic E-state index is -0.542. The van der Waals surface area contributed by atoms with E-state index < -0.39 is 11.9 Å². The van der Waals surface area contributed by atoms with E-state index >= 15 is 0 Å². The van der Waals surface area contributed by atoms with Crippen LogP contribution in [0, 0.1) is 5.92 Å². The lowest BCUT2D eigenvalue weighted by atomic mass is 9.86. The van der Waals surface area contributed by atoms with Crippen LogP contribution in [0.1, 0.15) is 79.8 Å². The largest absolute Gasteiger partial charge is 0.494 e. The molecule has 1 saturated carbocycles. The van der Waals surface area contributed by atoms with Gasteiger partial charge < -0.3 is 24.3 Å². The zero-order valence-electron chi connectivity index (χ0n) is 23.9. The lowest BCUT2D eigenvalue weighted by Gasteiger charge is -2.21. The molecule has 1 amide bonds. The second kappa shape index (κ2) is 17.2. The van der Waals surface area contributed by atoms with Gasteiger partial charge in [-0.25, -0.2) is 4.79 Å². The van der Waals surface area contributed by atoms with Crippen LogP contribution in [0.5, 0.6) is 11.5 Å². The van der Waals surface area contributed by atoms with Crippen molar-refractivity contribution < 1.29 is 33.3 Å². The van der Waals surface area contributed by atoms with Crippen molar-refractivity contribution in [2.24, 2.45) is 5.92 Å². The number of ether oxygens (including phenoxy) is 4. The summed E-state index contributed by atoms with van der Waals surface area (Å²) in [5, 5.41) is 2.51. The number of carbonyl (C=O) groups is 3. The molecule has 2 aromatic carbocycles. The molecule has 1 aliphatic rings. The second-order valence-corrected chi connectivity index (χ2v) is 10.2. The molecule has 218 valence electrons. The minimum absolute atomic E-state index is 0.0539. The monoisotopic (exact) mass is 553 g/mol. The van der Waals surface area contributed by atoms with E-state index in [9.17, 15) is 14.4 Å². The van der Waals surface area contributed by atoms with Crippen LogP contribution < -0.4 is 14.8 Å². The Balaban J connectivity index is 1.45. The van der Waals surface area contributed by atoms with E-state index in [1.165, 1.54) is 51.2 Å². The molecule has 1 N–H and O–H groups in total. The zero-order chi connectivity index (χ0) is 28.6. The van der Waals surface area contributed by atoms with E-state index in [1.54, 1.807) is 25.1 Å². The fourth-order valence-corrected chi connectivity index (χ4v) is 4.93. The molecule has 40 heavy (non-hydrogen) atoms. The van der Waals surface area contributed by atoms with Crippen LogP contribution in [0.25, 0.3) is 0 Å². The molecule has 0 aromatic heterocycles. The van der Waals surface area contributed by atoms with Gasteiger partial charge in [0.25, 0.3) is 0 Å². The van der Waals surface area contributed by atoms with Crippen molar-refractivity contribution in [2.45, 2.75) is 71.1 Å². The van der Waals surface area contributed by atoms with Gasteiger partial charge in [-0.3, -0.25) is 9.59 Å². The summed E-state index contributed by atoms with van der Waals surface area (Å²) in [5.41, 5.74) is 2.07. The summed E-state index contributed by atoms with van der Waals surface area (Å²) < 4.78 is 21.6. The lowest BCUT2D eigenvalue weighted by molar-refractivity contribution is -0.141. The number of aryl methyl sites for hydroxylation is 1. The van der Waals surface area contributed by atoms with Gasteiger partial charge in [-0.1, -0.05) is 44.2 Å². The number of amides is 1. The van der Waals surface area contributed by atoms with Gasteiger partial charge in [0.1, 0.15) is 18.0 Å². The lowest BCUT2D eigenvalue weighted by Crippen LogP contribution is -2.31. The predicted octanol–water partition coefficient (Wildman–Crippen LogP) is 5.45. The number of hydrogen-bond acceptors (Lipinski definition) is 7. The molecular weight excluding hydrogens is 510 g/mol. The van der Waals surface area contributed by atoms with Gasteiger partial charge in [0, 0.05) is 5.56 Å². The first-order valence-electron chi connectivity index (χ1n) is 14.5. The van der Waals surface area contributed by atoms with Crippen molar-refractivity contribution in [3.05, 3.63) is 59.2 Å². The highest BCUT2D eigenvalue weighted by atomic mass is 16.5. The summed E-state index contributed by atoms with van der Waals surface area (Å²) in [6.07, 6.45) is 10.9. The van der Waals surface area contributed by atoms with Crippen LogP contribution >= 0.6 is 0 Å². The smallest absolute Gasteiger partial charge is 0.338 e. The topological polar surface area (TPSA) is 100 Å². The third kappa shape index (κ3) is 10.9. The zero-order valence-corrected chi connectivity index (χ0v) is 23.9. The molecule has 0 unspecified atom stereocenters. The summed E-state index contributed by atoms with van der Waals surface area (Å²) in [7, 11) is 1.25. The number of rotatable bonds is 16. The second-order valence-electron chi connectivity index (χ2n) is 10.2. The van der Waals surface area contributed by atoms with Gasteiger partial charge >= 0.3 is 11.9 Å². The van der Waals surface area contributed by atoms with E-state index in [0.29, 0.717) is 23.5 Å². The molecular formula is C32H43NO7. The van der Waals surface area contributed by atoms with Crippen molar-refractivity contribution in [1.29, 1.82) is 0 Å². The fourth-order valence-electron chi connectivity index (χ4n) is 4.93. The Hall–Kier alpha value is -3.55. The summed E-state index contributed by atoms with van der Waals surface area (Å²) >= 11 is 0. The fraction of sp³-hybridized carbons (Fsp3) is 0.531. The Morgan fingerprint density at radius 3 is 2.40 bits per heavy atom. The maximum atomic E-state index is 12.4. The molecule has 8 nitrogen and oxygen atoms in total. The first-order chi connectivity index (χ1) is 19.5. The van der Waals surface area contributed by atoms with Crippen LogP contribution in [-0.2, 0) is 31.9 Å². The Labute approximate surface area is 237 Å². The van der Waals surface area contributed by atoms with Gasteiger partial charge in [-0.05, 0) is 74.4 Å².